The number of benzene rings is 1. The normalized spacial score (nSPS) is 26.1. The van der Waals surface area contributed by atoms with Gasteiger partial charge in [0, 0.05) is 25.8 Å². The van der Waals surface area contributed by atoms with Gasteiger partial charge in [0.15, 0.2) is 0 Å². The average molecular weight is 402 g/mol. The van der Waals surface area contributed by atoms with Gasteiger partial charge in [0.1, 0.15) is 24.0 Å². The van der Waals surface area contributed by atoms with Crippen LogP contribution in [0.25, 0.3) is 0 Å². The van der Waals surface area contributed by atoms with Crippen molar-refractivity contribution in [1.29, 1.82) is 0 Å². The van der Waals surface area contributed by atoms with Gasteiger partial charge in [0.25, 0.3) is 0 Å². The molecule has 0 aliphatic carbocycles. The van der Waals surface area contributed by atoms with Crippen LogP contribution >= 0.6 is 0 Å². The molecule has 0 bridgehead atoms. The second kappa shape index (κ2) is 8.64. The number of ether oxygens (including phenoxy) is 3. The molecule has 2 fully saturated rings. The summed E-state index contributed by atoms with van der Waals surface area (Å²) in [5, 5.41) is 15.6. The van der Waals surface area contributed by atoms with Crippen molar-refractivity contribution < 1.29 is 14.2 Å². The Kier molecular flexibility index (Phi) is 5.98. The van der Waals surface area contributed by atoms with Crippen LogP contribution < -0.4 is 15.0 Å². The van der Waals surface area contributed by atoms with Gasteiger partial charge in [-0.3, -0.25) is 0 Å². The highest BCUT2D eigenvalue weighted by atomic mass is 16.6. The second-order valence-corrected chi connectivity index (χ2v) is 8.31. The van der Waals surface area contributed by atoms with Crippen molar-refractivity contribution in [2.45, 2.75) is 44.6 Å². The maximum atomic E-state index is 6.07. The van der Waals surface area contributed by atoms with Gasteiger partial charge in [0.05, 0.1) is 19.3 Å². The maximum absolute atomic E-state index is 6.07. The summed E-state index contributed by atoms with van der Waals surface area (Å²) in [6.45, 7) is 6.55. The first kappa shape index (κ1) is 20.1. The molecule has 0 unspecified atom stereocenters. The minimum Gasteiger partial charge on any atom is -0.423 e. The van der Waals surface area contributed by atoms with Crippen molar-refractivity contribution in [3.8, 4) is 11.8 Å². The fourth-order valence-corrected chi connectivity index (χ4v) is 3.81. The molecule has 9 heteroatoms. The van der Waals surface area contributed by atoms with E-state index in [1.54, 1.807) is 4.68 Å². The molecule has 0 spiro atoms. The van der Waals surface area contributed by atoms with Gasteiger partial charge in [-0.2, -0.15) is 4.68 Å². The number of hydrogen-bond donors (Lipinski definition) is 1. The molecule has 4 atom stereocenters. The summed E-state index contributed by atoms with van der Waals surface area (Å²) in [6.07, 6.45) is 1.04. The molecule has 29 heavy (non-hydrogen) atoms. The lowest BCUT2D eigenvalue weighted by atomic mass is 10.1. The van der Waals surface area contributed by atoms with Gasteiger partial charge < -0.3 is 24.4 Å². The quantitative estimate of drug-likeness (QED) is 0.716. The van der Waals surface area contributed by atoms with Crippen LogP contribution in [-0.4, -0.2) is 72.3 Å². The lowest BCUT2D eigenvalue weighted by Crippen LogP contribution is -2.41. The number of nitrogens with one attached hydrogen (secondary N) is 1. The molecular formula is C20H30N6O3. The van der Waals surface area contributed by atoms with E-state index in [-0.39, 0.29) is 24.3 Å². The maximum Gasteiger partial charge on any atom is 0.341 e. The lowest BCUT2D eigenvalue weighted by molar-refractivity contribution is 0.0611. The molecular weight excluding hydrogens is 372 g/mol. The molecule has 1 aromatic heterocycles. The topological polar surface area (TPSA) is 86.6 Å². The Labute approximate surface area is 171 Å². The van der Waals surface area contributed by atoms with Crippen molar-refractivity contribution in [3.63, 3.8) is 0 Å². The molecule has 1 N–H and O–H groups in total. The Hall–Kier alpha value is -2.23. The first-order valence-electron chi connectivity index (χ1n) is 10.2. The molecule has 1 aromatic carbocycles. The molecule has 2 aliphatic rings. The van der Waals surface area contributed by atoms with E-state index in [2.05, 4.69) is 34.7 Å². The summed E-state index contributed by atoms with van der Waals surface area (Å²) in [5.74, 6) is 1.35. The smallest absolute Gasteiger partial charge is 0.341 e. The summed E-state index contributed by atoms with van der Waals surface area (Å²) in [7, 11) is 3.98. The van der Waals surface area contributed by atoms with E-state index in [4.69, 9.17) is 14.2 Å². The van der Waals surface area contributed by atoms with E-state index in [1.807, 2.05) is 43.3 Å². The fraction of sp³-hybridized carbons (Fsp3) is 0.650. The zero-order valence-electron chi connectivity index (χ0n) is 17.5. The summed E-state index contributed by atoms with van der Waals surface area (Å²) in [5.41, 5.74) is 1.04. The number of aromatic nitrogens is 4. The predicted molar refractivity (Wildman–Crippen MR) is 108 cm³/mol. The van der Waals surface area contributed by atoms with Gasteiger partial charge in [-0.05, 0) is 41.4 Å². The SMILES string of the molecule is CC(C)CCN[C@@H]1CO[C@@H]2[C@@H]1OC[C@@H]2n1nnnc1Oc1cccc(N(C)C)c1. The standard InChI is InChI=1S/C20H30N6O3/c1-13(2)8-9-21-16-11-27-19-17(12-28-18(16)19)26-20(22-23-24-26)29-15-7-5-6-14(10-15)25(3)4/h5-7,10,13,16-19,21H,8-9,11-12H2,1-4H3/t16-,17+,18-,19+/m1/s1. The van der Waals surface area contributed by atoms with Crippen LogP contribution in [0.2, 0.25) is 0 Å². The molecule has 158 valence electrons. The molecule has 3 heterocycles. The third-order valence-corrected chi connectivity index (χ3v) is 5.48. The van der Waals surface area contributed by atoms with E-state index >= 15 is 0 Å². The summed E-state index contributed by atoms with van der Waals surface area (Å²) in [6, 6.07) is 8.23. The Balaban J connectivity index is 1.43. The molecule has 0 amide bonds. The highest BCUT2D eigenvalue weighted by Crippen LogP contribution is 2.36. The van der Waals surface area contributed by atoms with E-state index in [9.17, 15) is 0 Å². The molecule has 0 radical (unpaired) electrons. The average Bonchev–Trinajstić information content (AvgIpc) is 3.39. The molecule has 2 saturated heterocycles. The van der Waals surface area contributed by atoms with Crippen LogP contribution in [0, 0.1) is 5.92 Å². The van der Waals surface area contributed by atoms with Crippen molar-refractivity contribution in [1.82, 2.24) is 25.5 Å². The Morgan fingerprint density at radius 3 is 2.86 bits per heavy atom. The van der Waals surface area contributed by atoms with Crippen LogP contribution in [-0.2, 0) is 9.47 Å². The number of nitrogens with zero attached hydrogens (tertiary/aromatic N) is 5. The largest absolute Gasteiger partial charge is 0.423 e. The van der Waals surface area contributed by atoms with E-state index < -0.39 is 0 Å². The highest BCUT2D eigenvalue weighted by Gasteiger charge is 2.49. The van der Waals surface area contributed by atoms with Crippen LogP contribution in [0.15, 0.2) is 24.3 Å². The van der Waals surface area contributed by atoms with Crippen molar-refractivity contribution in [2.75, 3.05) is 38.8 Å². The van der Waals surface area contributed by atoms with Gasteiger partial charge in [-0.15, -0.1) is 0 Å². The van der Waals surface area contributed by atoms with Crippen LogP contribution in [0.1, 0.15) is 26.3 Å². The Morgan fingerprint density at radius 1 is 1.24 bits per heavy atom. The highest BCUT2D eigenvalue weighted by molar-refractivity contribution is 5.49. The molecule has 2 aromatic rings. The molecule has 9 nitrogen and oxygen atoms in total. The first-order chi connectivity index (χ1) is 14.0. The third-order valence-electron chi connectivity index (χ3n) is 5.48. The summed E-state index contributed by atoms with van der Waals surface area (Å²) >= 11 is 0. The lowest BCUT2D eigenvalue weighted by Gasteiger charge is -2.18. The molecule has 4 rings (SSSR count). The summed E-state index contributed by atoms with van der Waals surface area (Å²) in [4.78, 5) is 2.02. The Bertz CT molecular complexity index is 811. The number of rotatable bonds is 8. The van der Waals surface area contributed by atoms with Crippen molar-refractivity contribution in [3.05, 3.63) is 24.3 Å². The number of tetrazole rings is 1. The van der Waals surface area contributed by atoms with Gasteiger partial charge in [0.2, 0.25) is 0 Å². The van der Waals surface area contributed by atoms with Crippen LogP contribution in [0.3, 0.4) is 0 Å². The number of fused-ring (bicyclic) bond motifs is 1. The van der Waals surface area contributed by atoms with Crippen molar-refractivity contribution in [2.24, 2.45) is 5.92 Å². The first-order valence-corrected chi connectivity index (χ1v) is 10.2. The third kappa shape index (κ3) is 4.36. The zero-order chi connectivity index (χ0) is 20.4. The predicted octanol–water partition coefficient (Wildman–Crippen LogP) is 1.87. The van der Waals surface area contributed by atoms with Gasteiger partial charge >= 0.3 is 6.01 Å². The van der Waals surface area contributed by atoms with E-state index in [1.165, 1.54) is 0 Å². The van der Waals surface area contributed by atoms with Crippen LogP contribution in [0.4, 0.5) is 5.69 Å². The van der Waals surface area contributed by atoms with E-state index in [0.29, 0.717) is 30.9 Å². The number of hydrogen-bond acceptors (Lipinski definition) is 8. The van der Waals surface area contributed by atoms with Gasteiger partial charge in [-0.1, -0.05) is 25.0 Å². The van der Waals surface area contributed by atoms with Crippen LogP contribution in [0.5, 0.6) is 11.8 Å². The molecule has 0 saturated carbocycles. The second-order valence-electron chi connectivity index (χ2n) is 8.31. The van der Waals surface area contributed by atoms with E-state index in [0.717, 1.165) is 18.7 Å². The monoisotopic (exact) mass is 402 g/mol. The van der Waals surface area contributed by atoms with Crippen molar-refractivity contribution >= 4 is 5.69 Å². The minimum absolute atomic E-state index is 0.00119. The molecule has 2 aliphatic heterocycles. The fourth-order valence-electron chi connectivity index (χ4n) is 3.81. The summed E-state index contributed by atoms with van der Waals surface area (Å²) < 4.78 is 19.8. The zero-order valence-corrected chi connectivity index (χ0v) is 17.5. The van der Waals surface area contributed by atoms with Gasteiger partial charge in [-0.25, -0.2) is 0 Å². The minimum atomic E-state index is -0.112. The number of anilines is 1. The Morgan fingerprint density at radius 2 is 2.07 bits per heavy atom.